The molecule has 1 aliphatic rings. The Morgan fingerprint density at radius 2 is 1.87 bits per heavy atom. The number of nitrogens with two attached hydrogens (primary N) is 1. The Morgan fingerprint density at radius 1 is 1.27 bits per heavy atom. The highest BCUT2D eigenvalue weighted by molar-refractivity contribution is 5.49. The van der Waals surface area contributed by atoms with Crippen LogP contribution in [0, 0.1) is 0 Å². The quantitative estimate of drug-likeness (QED) is 0.740. The molecule has 0 bridgehead atoms. The van der Waals surface area contributed by atoms with Gasteiger partial charge in [-0.2, -0.15) is 0 Å². The van der Waals surface area contributed by atoms with Gasteiger partial charge in [0, 0.05) is 11.1 Å². The minimum Gasteiger partial charge on any atom is -0.507 e. The maximum absolute atomic E-state index is 10.2. The van der Waals surface area contributed by atoms with Crippen LogP contribution in [0.2, 0.25) is 0 Å². The van der Waals surface area contributed by atoms with E-state index in [4.69, 9.17) is 5.73 Å². The molecule has 0 aliphatic heterocycles. The van der Waals surface area contributed by atoms with Crippen LogP contribution in [0.3, 0.4) is 0 Å². The summed E-state index contributed by atoms with van der Waals surface area (Å²) in [4.78, 5) is 0. The molecule has 0 heterocycles. The molecule has 1 aromatic carbocycles. The Labute approximate surface area is 91.1 Å². The van der Waals surface area contributed by atoms with Crippen LogP contribution in [0.5, 0.6) is 5.75 Å². The first-order valence-corrected chi connectivity index (χ1v) is 5.46. The van der Waals surface area contributed by atoms with Gasteiger partial charge in [-0.25, -0.2) is 0 Å². The van der Waals surface area contributed by atoms with E-state index in [2.05, 4.69) is 20.8 Å². The number of hydrogen-bond donors (Lipinski definition) is 2. The molecule has 3 N–H and O–H groups in total. The number of phenolic OH excluding ortho intramolecular Hbond substituents is 1. The molecule has 0 amide bonds. The minimum atomic E-state index is -0.259. The molecule has 1 aliphatic carbocycles. The number of aromatic hydroxyl groups is 1. The first kappa shape index (κ1) is 10.5. The Morgan fingerprint density at radius 3 is 2.33 bits per heavy atom. The molecule has 0 unspecified atom stereocenters. The highest BCUT2D eigenvalue weighted by Crippen LogP contribution is 2.48. The maximum atomic E-state index is 10.2. The average Bonchev–Trinajstić information content (AvgIpc) is 2.83. The second-order valence-electron chi connectivity index (χ2n) is 5.61. The number of rotatable bonds is 1. The standard InChI is InChI=1S/C13H19NO/c1-12(2,3)9-5-4-6-10(11(9)15)13(14)7-8-13/h4-6,15H,7-8,14H2,1-3H3. The monoisotopic (exact) mass is 205 g/mol. The lowest BCUT2D eigenvalue weighted by atomic mass is 9.84. The third kappa shape index (κ3) is 1.74. The van der Waals surface area contributed by atoms with Gasteiger partial charge < -0.3 is 10.8 Å². The molecule has 1 saturated carbocycles. The zero-order chi connectivity index (χ0) is 11.3. The van der Waals surface area contributed by atoms with Gasteiger partial charge in [0.1, 0.15) is 5.75 Å². The minimum absolute atomic E-state index is 0.0364. The van der Waals surface area contributed by atoms with Gasteiger partial charge in [-0.1, -0.05) is 39.0 Å². The molecule has 2 rings (SSSR count). The number of hydrogen-bond acceptors (Lipinski definition) is 2. The lowest BCUT2D eigenvalue weighted by Gasteiger charge is -2.23. The van der Waals surface area contributed by atoms with Crippen LogP contribution in [0.25, 0.3) is 0 Å². The summed E-state index contributed by atoms with van der Waals surface area (Å²) in [5, 5.41) is 10.2. The van der Waals surface area contributed by atoms with Gasteiger partial charge in [0.2, 0.25) is 0 Å². The van der Waals surface area contributed by atoms with E-state index in [1.807, 2.05) is 18.2 Å². The highest BCUT2D eigenvalue weighted by Gasteiger charge is 2.42. The predicted molar refractivity (Wildman–Crippen MR) is 61.9 cm³/mol. The van der Waals surface area contributed by atoms with E-state index in [9.17, 15) is 5.11 Å². The second kappa shape index (κ2) is 2.99. The number of phenols is 1. The summed E-state index contributed by atoms with van der Waals surface area (Å²) in [7, 11) is 0. The van der Waals surface area contributed by atoms with Crippen molar-refractivity contribution in [2.75, 3.05) is 0 Å². The van der Waals surface area contributed by atoms with Crippen molar-refractivity contribution in [2.24, 2.45) is 5.73 Å². The fraction of sp³-hybridized carbons (Fsp3) is 0.538. The van der Waals surface area contributed by atoms with Crippen LogP contribution in [-0.4, -0.2) is 5.11 Å². The van der Waals surface area contributed by atoms with Crippen molar-refractivity contribution in [2.45, 2.75) is 44.6 Å². The third-order valence-corrected chi connectivity index (χ3v) is 3.17. The number of benzene rings is 1. The normalized spacial score (nSPS) is 18.9. The molecule has 1 aromatic rings. The van der Waals surface area contributed by atoms with Gasteiger partial charge in [-0.05, 0) is 23.8 Å². The smallest absolute Gasteiger partial charge is 0.124 e. The maximum Gasteiger partial charge on any atom is 0.124 e. The van der Waals surface area contributed by atoms with Gasteiger partial charge in [-0.3, -0.25) is 0 Å². The lowest BCUT2D eigenvalue weighted by molar-refractivity contribution is 0.433. The molecule has 1 fully saturated rings. The van der Waals surface area contributed by atoms with Gasteiger partial charge in [-0.15, -0.1) is 0 Å². The zero-order valence-electron chi connectivity index (χ0n) is 9.67. The van der Waals surface area contributed by atoms with E-state index in [-0.39, 0.29) is 11.0 Å². The summed E-state index contributed by atoms with van der Waals surface area (Å²) in [6, 6.07) is 5.91. The van der Waals surface area contributed by atoms with E-state index in [0.717, 1.165) is 24.0 Å². The van der Waals surface area contributed by atoms with Crippen molar-refractivity contribution >= 4 is 0 Å². The fourth-order valence-electron chi connectivity index (χ4n) is 1.95. The van der Waals surface area contributed by atoms with E-state index in [0.29, 0.717) is 5.75 Å². The first-order valence-electron chi connectivity index (χ1n) is 5.46. The Kier molecular flexibility index (Phi) is 2.09. The highest BCUT2D eigenvalue weighted by atomic mass is 16.3. The zero-order valence-corrected chi connectivity index (χ0v) is 9.67. The van der Waals surface area contributed by atoms with Gasteiger partial charge >= 0.3 is 0 Å². The summed E-state index contributed by atoms with van der Waals surface area (Å²) in [6.07, 6.45) is 1.96. The molecule has 2 nitrogen and oxygen atoms in total. The molecular formula is C13H19NO. The third-order valence-electron chi connectivity index (χ3n) is 3.17. The molecule has 15 heavy (non-hydrogen) atoms. The summed E-state index contributed by atoms with van der Waals surface area (Å²) >= 11 is 0. The Hall–Kier alpha value is -1.02. The van der Waals surface area contributed by atoms with E-state index in [1.54, 1.807) is 0 Å². The molecule has 0 saturated heterocycles. The molecule has 0 radical (unpaired) electrons. The Bertz CT molecular complexity index is 363. The van der Waals surface area contributed by atoms with Gasteiger partial charge in [0.25, 0.3) is 0 Å². The first-order chi connectivity index (χ1) is 6.84. The van der Waals surface area contributed by atoms with Crippen LogP contribution in [-0.2, 0) is 11.0 Å². The molecule has 0 spiro atoms. The lowest BCUT2D eigenvalue weighted by Crippen LogP contribution is -2.21. The molecule has 82 valence electrons. The summed E-state index contributed by atoms with van der Waals surface area (Å²) in [5.74, 6) is 0.394. The summed E-state index contributed by atoms with van der Waals surface area (Å²) in [6.45, 7) is 6.30. The Balaban J connectivity index is 2.51. The molecular weight excluding hydrogens is 186 g/mol. The number of para-hydroxylation sites is 1. The van der Waals surface area contributed by atoms with Crippen LogP contribution < -0.4 is 5.73 Å². The van der Waals surface area contributed by atoms with Crippen LogP contribution in [0.1, 0.15) is 44.7 Å². The molecule has 2 heteroatoms. The summed E-state index contributed by atoms with van der Waals surface area (Å²) < 4.78 is 0. The fourth-order valence-corrected chi connectivity index (χ4v) is 1.95. The van der Waals surface area contributed by atoms with E-state index >= 15 is 0 Å². The largest absolute Gasteiger partial charge is 0.507 e. The SMILES string of the molecule is CC(C)(C)c1cccc(C2(N)CC2)c1O. The molecule has 0 atom stereocenters. The van der Waals surface area contributed by atoms with Crippen molar-refractivity contribution < 1.29 is 5.11 Å². The second-order valence-corrected chi connectivity index (χ2v) is 5.61. The van der Waals surface area contributed by atoms with Crippen molar-refractivity contribution in [1.82, 2.24) is 0 Å². The van der Waals surface area contributed by atoms with E-state index in [1.165, 1.54) is 0 Å². The predicted octanol–water partition coefficient (Wildman–Crippen LogP) is 2.64. The topological polar surface area (TPSA) is 46.2 Å². The van der Waals surface area contributed by atoms with E-state index < -0.39 is 0 Å². The van der Waals surface area contributed by atoms with Crippen LogP contribution >= 0.6 is 0 Å². The van der Waals surface area contributed by atoms with Crippen LogP contribution in [0.15, 0.2) is 18.2 Å². The van der Waals surface area contributed by atoms with Crippen molar-refractivity contribution in [3.8, 4) is 5.75 Å². The average molecular weight is 205 g/mol. The summed E-state index contributed by atoms with van der Waals surface area (Å²) in [5.41, 5.74) is 7.72. The van der Waals surface area contributed by atoms with Crippen molar-refractivity contribution in [3.63, 3.8) is 0 Å². The van der Waals surface area contributed by atoms with Crippen molar-refractivity contribution in [3.05, 3.63) is 29.3 Å². The van der Waals surface area contributed by atoms with Crippen LogP contribution in [0.4, 0.5) is 0 Å². The van der Waals surface area contributed by atoms with Crippen molar-refractivity contribution in [1.29, 1.82) is 0 Å². The molecule has 0 aromatic heterocycles. The van der Waals surface area contributed by atoms with Gasteiger partial charge in [0.15, 0.2) is 0 Å². The van der Waals surface area contributed by atoms with Gasteiger partial charge in [0.05, 0.1) is 0 Å².